The van der Waals surface area contributed by atoms with Gasteiger partial charge >= 0.3 is 6.18 Å². The second kappa shape index (κ2) is 4.47. The van der Waals surface area contributed by atoms with Crippen LogP contribution in [0, 0.1) is 0 Å². The topological polar surface area (TPSA) is 38.0 Å². The Hall–Kier alpha value is -0.650. The highest BCUT2D eigenvalue weighted by Crippen LogP contribution is 2.33. The van der Waals surface area contributed by atoms with Gasteiger partial charge in [-0.05, 0) is 17.7 Å². The minimum absolute atomic E-state index is 0.00324. The molecule has 0 heterocycles. The lowest BCUT2D eigenvalue weighted by atomic mass is 10.1. The number of nitrogens with one attached hydrogen (secondary N) is 1. The van der Waals surface area contributed by atoms with Crippen LogP contribution in [0.25, 0.3) is 0 Å². The number of benzene rings is 1. The van der Waals surface area contributed by atoms with E-state index in [0.717, 1.165) is 0 Å². The first-order chi connectivity index (χ1) is 6.83. The van der Waals surface area contributed by atoms with Crippen LogP contribution in [0.5, 0.6) is 0 Å². The molecule has 0 radical (unpaired) electrons. The van der Waals surface area contributed by atoms with Crippen molar-refractivity contribution in [3.8, 4) is 0 Å². The normalized spacial score (nSPS) is 11.6. The van der Waals surface area contributed by atoms with Gasteiger partial charge in [0.2, 0.25) is 0 Å². The number of anilines is 1. The minimum Gasteiger partial charge on any atom is -0.321 e. The fourth-order valence-electron chi connectivity index (χ4n) is 1.10. The fraction of sp³-hybridized carbons (Fsp3) is 0.250. The highest BCUT2D eigenvalue weighted by atomic mass is 35.5. The molecule has 2 nitrogen and oxygen atoms in total. The Balaban J connectivity index is 3.04. The molecule has 0 aliphatic rings. The molecule has 1 aromatic rings. The molecule has 0 aliphatic carbocycles. The van der Waals surface area contributed by atoms with E-state index >= 15 is 0 Å². The highest BCUT2D eigenvalue weighted by molar-refractivity contribution is 6.39. The van der Waals surface area contributed by atoms with Gasteiger partial charge in [0.05, 0.1) is 22.2 Å². The first-order valence-electron chi connectivity index (χ1n) is 3.85. The van der Waals surface area contributed by atoms with E-state index in [-0.39, 0.29) is 21.3 Å². The maximum absolute atomic E-state index is 12.1. The first-order valence-corrected chi connectivity index (χ1v) is 4.60. The molecule has 0 atom stereocenters. The van der Waals surface area contributed by atoms with Crippen LogP contribution < -0.4 is 11.3 Å². The van der Waals surface area contributed by atoms with Gasteiger partial charge in [0.15, 0.2) is 0 Å². The number of halogens is 5. The summed E-state index contributed by atoms with van der Waals surface area (Å²) in [6.07, 6.45) is -5.36. The van der Waals surface area contributed by atoms with Gasteiger partial charge in [0.25, 0.3) is 0 Å². The van der Waals surface area contributed by atoms with Gasteiger partial charge in [-0.1, -0.05) is 23.2 Å². The molecule has 1 rings (SSSR count). The summed E-state index contributed by atoms with van der Waals surface area (Å²) in [5.41, 5.74) is 2.42. The van der Waals surface area contributed by atoms with Crippen LogP contribution >= 0.6 is 23.2 Å². The lowest BCUT2D eigenvalue weighted by Gasteiger charge is -2.10. The Morgan fingerprint density at radius 1 is 1.20 bits per heavy atom. The standard InChI is InChI=1S/C8H7Cl2F3N2/c9-5-1-4(3-8(11,12)13)2-6(10)7(5)15-14/h1-2,15H,3,14H2. The summed E-state index contributed by atoms with van der Waals surface area (Å²) in [5.74, 6) is 5.09. The number of hydrazine groups is 1. The summed E-state index contributed by atoms with van der Waals surface area (Å²) in [5, 5.41) is 0.119. The van der Waals surface area contributed by atoms with E-state index in [1.165, 1.54) is 12.1 Å². The van der Waals surface area contributed by atoms with E-state index in [2.05, 4.69) is 5.43 Å². The summed E-state index contributed by atoms with van der Waals surface area (Å²) in [4.78, 5) is 0. The average molecular weight is 259 g/mol. The van der Waals surface area contributed by atoms with Gasteiger partial charge < -0.3 is 5.43 Å². The van der Waals surface area contributed by atoms with Crippen LogP contribution in [-0.4, -0.2) is 6.18 Å². The van der Waals surface area contributed by atoms with Gasteiger partial charge in [-0.3, -0.25) is 5.84 Å². The first kappa shape index (κ1) is 12.4. The summed E-state index contributed by atoms with van der Waals surface area (Å²) in [7, 11) is 0. The van der Waals surface area contributed by atoms with Crippen molar-refractivity contribution in [1.29, 1.82) is 0 Å². The largest absolute Gasteiger partial charge is 0.393 e. The Bertz CT molecular complexity index is 342. The van der Waals surface area contributed by atoms with Crippen molar-refractivity contribution >= 4 is 28.9 Å². The molecule has 0 saturated heterocycles. The number of rotatable bonds is 2. The van der Waals surface area contributed by atoms with Crippen LogP contribution in [0.3, 0.4) is 0 Å². The Labute approximate surface area is 94.1 Å². The second-order valence-electron chi connectivity index (χ2n) is 2.87. The summed E-state index contributed by atoms with van der Waals surface area (Å²) >= 11 is 11.3. The molecule has 0 aromatic heterocycles. The van der Waals surface area contributed by atoms with Crippen LogP contribution in [0.2, 0.25) is 10.0 Å². The van der Waals surface area contributed by atoms with Crippen LogP contribution in [0.15, 0.2) is 12.1 Å². The molecule has 15 heavy (non-hydrogen) atoms. The van der Waals surface area contributed by atoms with Crippen molar-refractivity contribution in [1.82, 2.24) is 0 Å². The predicted molar refractivity (Wildman–Crippen MR) is 54.0 cm³/mol. The summed E-state index contributed by atoms with van der Waals surface area (Å²) < 4.78 is 36.2. The minimum atomic E-state index is -4.29. The molecule has 0 aliphatic heterocycles. The summed E-state index contributed by atoms with van der Waals surface area (Å²) in [6, 6.07) is 2.35. The number of hydrogen-bond donors (Lipinski definition) is 2. The Morgan fingerprint density at radius 3 is 2.00 bits per heavy atom. The van der Waals surface area contributed by atoms with Crippen molar-refractivity contribution in [3.05, 3.63) is 27.7 Å². The molecular weight excluding hydrogens is 252 g/mol. The van der Waals surface area contributed by atoms with Gasteiger partial charge in [-0.2, -0.15) is 13.2 Å². The quantitative estimate of drug-likeness (QED) is 0.631. The zero-order valence-electron chi connectivity index (χ0n) is 7.33. The van der Waals surface area contributed by atoms with E-state index in [4.69, 9.17) is 29.0 Å². The van der Waals surface area contributed by atoms with Crippen molar-refractivity contribution in [2.45, 2.75) is 12.6 Å². The zero-order chi connectivity index (χ0) is 11.6. The van der Waals surface area contributed by atoms with Crippen LogP contribution in [0.1, 0.15) is 5.56 Å². The third-order valence-corrected chi connectivity index (χ3v) is 2.25. The Morgan fingerprint density at radius 2 is 1.67 bits per heavy atom. The molecule has 0 spiro atoms. The number of nitrogens with two attached hydrogens (primary N) is 1. The molecular formula is C8H7Cl2F3N2. The van der Waals surface area contributed by atoms with E-state index in [1.807, 2.05) is 0 Å². The van der Waals surface area contributed by atoms with Gasteiger partial charge in [-0.25, -0.2) is 0 Å². The highest BCUT2D eigenvalue weighted by Gasteiger charge is 2.28. The maximum atomic E-state index is 12.1. The van der Waals surface area contributed by atoms with Crippen molar-refractivity contribution in [3.63, 3.8) is 0 Å². The van der Waals surface area contributed by atoms with Gasteiger partial charge in [-0.15, -0.1) is 0 Å². The SMILES string of the molecule is NNc1c(Cl)cc(CC(F)(F)F)cc1Cl. The molecule has 0 bridgehead atoms. The molecule has 84 valence electrons. The van der Waals surface area contributed by atoms with Crippen LogP contribution in [0.4, 0.5) is 18.9 Å². The molecule has 3 N–H and O–H groups in total. The molecule has 1 aromatic carbocycles. The van der Waals surface area contributed by atoms with Gasteiger partial charge in [0.1, 0.15) is 0 Å². The third kappa shape index (κ3) is 3.44. The van der Waals surface area contributed by atoms with Crippen molar-refractivity contribution < 1.29 is 13.2 Å². The molecule has 0 fully saturated rings. The third-order valence-electron chi connectivity index (χ3n) is 1.65. The molecule has 0 unspecified atom stereocenters. The number of hydrogen-bond acceptors (Lipinski definition) is 2. The zero-order valence-corrected chi connectivity index (χ0v) is 8.84. The Kier molecular flexibility index (Phi) is 3.70. The smallest absolute Gasteiger partial charge is 0.321 e. The van der Waals surface area contributed by atoms with Crippen molar-refractivity contribution in [2.24, 2.45) is 5.84 Å². The van der Waals surface area contributed by atoms with E-state index in [1.54, 1.807) is 0 Å². The van der Waals surface area contributed by atoms with E-state index in [0.29, 0.717) is 0 Å². The van der Waals surface area contributed by atoms with Gasteiger partial charge in [0, 0.05) is 0 Å². The molecule has 0 amide bonds. The number of alkyl halides is 3. The van der Waals surface area contributed by atoms with Crippen molar-refractivity contribution in [2.75, 3.05) is 5.43 Å². The lowest BCUT2D eigenvalue weighted by molar-refractivity contribution is -0.127. The average Bonchev–Trinajstić information content (AvgIpc) is 1.99. The predicted octanol–water partition coefficient (Wildman–Crippen LogP) is 3.38. The van der Waals surface area contributed by atoms with E-state index in [9.17, 15) is 13.2 Å². The molecule has 0 saturated carbocycles. The maximum Gasteiger partial charge on any atom is 0.393 e. The van der Waals surface area contributed by atoms with E-state index < -0.39 is 12.6 Å². The monoisotopic (exact) mass is 258 g/mol. The molecule has 7 heteroatoms. The lowest BCUT2D eigenvalue weighted by Crippen LogP contribution is -2.12. The second-order valence-corrected chi connectivity index (χ2v) is 3.69. The fourth-order valence-corrected chi connectivity index (χ4v) is 1.74. The summed E-state index contributed by atoms with van der Waals surface area (Å²) in [6.45, 7) is 0. The van der Waals surface area contributed by atoms with Crippen LogP contribution in [-0.2, 0) is 6.42 Å². The number of nitrogen functional groups attached to an aromatic ring is 1.